The van der Waals surface area contributed by atoms with Crippen LogP contribution in [0.15, 0.2) is 12.5 Å². The molecule has 1 aliphatic heterocycles. The van der Waals surface area contributed by atoms with Crippen LogP contribution in [-0.4, -0.2) is 28.0 Å². The fourth-order valence-corrected chi connectivity index (χ4v) is 2.14. The Morgan fingerprint density at radius 3 is 3.24 bits per heavy atom. The number of hydrogen-bond acceptors (Lipinski definition) is 3. The summed E-state index contributed by atoms with van der Waals surface area (Å²) in [4.78, 5) is 15.2. The van der Waals surface area contributed by atoms with Crippen LogP contribution in [0.5, 0.6) is 0 Å². The Morgan fingerprint density at radius 1 is 1.65 bits per heavy atom. The zero-order valence-corrected chi connectivity index (χ0v) is 10.3. The number of imidazole rings is 1. The molecule has 1 aromatic heterocycles. The van der Waals surface area contributed by atoms with Crippen molar-refractivity contribution in [1.82, 2.24) is 20.2 Å². The monoisotopic (exact) mass is 236 g/mol. The molecule has 2 N–H and O–H groups in total. The van der Waals surface area contributed by atoms with Gasteiger partial charge in [0, 0.05) is 38.3 Å². The summed E-state index contributed by atoms with van der Waals surface area (Å²) in [6.07, 6.45) is 6.50. The summed E-state index contributed by atoms with van der Waals surface area (Å²) in [7, 11) is 0. The van der Waals surface area contributed by atoms with Gasteiger partial charge in [-0.2, -0.15) is 0 Å². The van der Waals surface area contributed by atoms with Crippen LogP contribution in [0.4, 0.5) is 0 Å². The van der Waals surface area contributed by atoms with Crippen molar-refractivity contribution in [3.63, 3.8) is 0 Å². The number of nitrogens with one attached hydrogen (secondary N) is 2. The quantitative estimate of drug-likeness (QED) is 0.763. The largest absolute Gasteiger partial charge is 0.352 e. The minimum atomic E-state index is 0.174. The highest BCUT2D eigenvalue weighted by Gasteiger charge is 2.19. The first-order valence-electron chi connectivity index (χ1n) is 6.28. The van der Waals surface area contributed by atoms with Gasteiger partial charge < -0.3 is 15.2 Å². The zero-order valence-electron chi connectivity index (χ0n) is 10.3. The predicted octanol–water partition coefficient (Wildman–Crippen LogP) is 0.661. The van der Waals surface area contributed by atoms with Gasteiger partial charge in [-0.1, -0.05) is 6.92 Å². The van der Waals surface area contributed by atoms with Gasteiger partial charge in [-0.05, 0) is 12.8 Å². The van der Waals surface area contributed by atoms with Crippen molar-refractivity contribution in [2.75, 3.05) is 6.54 Å². The van der Waals surface area contributed by atoms with E-state index in [0.29, 0.717) is 12.5 Å². The maximum atomic E-state index is 11.0. The van der Waals surface area contributed by atoms with Crippen LogP contribution in [0.2, 0.25) is 0 Å². The zero-order chi connectivity index (χ0) is 12.1. The lowest BCUT2D eigenvalue weighted by atomic mass is 10.2. The molecular weight excluding hydrogens is 216 g/mol. The fraction of sp³-hybridized carbons (Fsp3) is 0.667. The van der Waals surface area contributed by atoms with E-state index >= 15 is 0 Å². The normalized spacial score (nSPS) is 19.6. The third kappa shape index (κ3) is 3.30. The molecule has 0 aliphatic carbocycles. The van der Waals surface area contributed by atoms with Gasteiger partial charge >= 0.3 is 0 Å². The Bertz CT molecular complexity index is 374. The molecule has 1 aliphatic rings. The average Bonchev–Trinajstić information content (AvgIpc) is 2.90. The number of aromatic nitrogens is 2. The molecule has 2 heterocycles. The molecule has 94 valence electrons. The number of nitrogens with zero attached hydrogens (tertiary/aromatic N) is 2. The van der Waals surface area contributed by atoms with Gasteiger partial charge in [0.15, 0.2) is 0 Å². The van der Waals surface area contributed by atoms with Crippen molar-refractivity contribution in [3.05, 3.63) is 18.2 Å². The van der Waals surface area contributed by atoms with Crippen molar-refractivity contribution < 1.29 is 4.79 Å². The lowest BCUT2D eigenvalue weighted by Gasteiger charge is -2.12. The molecule has 0 spiro atoms. The first-order chi connectivity index (χ1) is 8.29. The van der Waals surface area contributed by atoms with E-state index in [1.165, 1.54) is 5.69 Å². The third-order valence-corrected chi connectivity index (χ3v) is 3.04. The van der Waals surface area contributed by atoms with Crippen LogP contribution in [0.1, 0.15) is 31.9 Å². The van der Waals surface area contributed by atoms with E-state index < -0.39 is 0 Å². The average molecular weight is 236 g/mol. The van der Waals surface area contributed by atoms with E-state index in [2.05, 4.69) is 27.1 Å². The Hall–Kier alpha value is -1.36. The van der Waals surface area contributed by atoms with Gasteiger partial charge in [-0.25, -0.2) is 4.98 Å². The lowest BCUT2D eigenvalue weighted by Crippen LogP contribution is -2.35. The Kier molecular flexibility index (Phi) is 4.14. The summed E-state index contributed by atoms with van der Waals surface area (Å²) in [5.74, 6) is 0.174. The number of aryl methyl sites for hydroxylation is 1. The maximum absolute atomic E-state index is 11.0. The second-order valence-corrected chi connectivity index (χ2v) is 4.51. The third-order valence-electron chi connectivity index (χ3n) is 3.04. The lowest BCUT2D eigenvalue weighted by molar-refractivity contribution is -0.119. The Labute approximate surface area is 102 Å². The number of carbonyl (C=O) groups is 1. The molecule has 0 radical (unpaired) electrons. The fourth-order valence-electron chi connectivity index (χ4n) is 2.14. The highest BCUT2D eigenvalue weighted by atomic mass is 16.1. The van der Waals surface area contributed by atoms with Gasteiger partial charge in [0.05, 0.1) is 12.0 Å². The first-order valence-corrected chi connectivity index (χ1v) is 6.28. The molecule has 2 rings (SSSR count). The number of amides is 1. The Morgan fingerprint density at radius 2 is 2.53 bits per heavy atom. The van der Waals surface area contributed by atoms with Crippen LogP contribution in [-0.2, 0) is 17.9 Å². The topological polar surface area (TPSA) is 59.0 Å². The van der Waals surface area contributed by atoms with Crippen LogP contribution < -0.4 is 10.6 Å². The molecule has 0 aromatic carbocycles. The molecule has 1 unspecified atom stereocenters. The van der Waals surface area contributed by atoms with E-state index in [1.807, 2.05) is 12.5 Å². The van der Waals surface area contributed by atoms with Crippen LogP contribution in [0, 0.1) is 0 Å². The van der Waals surface area contributed by atoms with Crippen molar-refractivity contribution in [2.24, 2.45) is 0 Å². The highest BCUT2D eigenvalue weighted by molar-refractivity contribution is 5.78. The summed E-state index contributed by atoms with van der Waals surface area (Å²) in [6.45, 7) is 4.82. The highest BCUT2D eigenvalue weighted by Crippen LogP contribution is 2.06. The van der Waals surface area contributed by atoms with Gasteiger partial charge in [-0.3, -0.25) is 4.79 Å². The minimum absolute atomic E-state index is 0.174. The molecule has 1 aromatic rings. The molecule has 1 saturated heterocycles. The SMILES string of the molecule is CCCn1cncc1CNCC1CCC(=O)N1. The predicted molar refractivity (Wildman–Crippen MR) is 65.4 cm³/mol. The van der Waals surface area contributed by atoms with E-state index in [1.54, 1.807) is 0 Å². The van der Waals surface area contributed by atoms with Crippen molar-refractivity contribution in [3.8, 4) is 0 Å². The molecule has 17 heavy (non-hydrogen) atoms. The summed E-state index contributed by atoms with van der Waals surface area (Å²) in [6, 6.07) is 0.296. The number of hydrogen-bond donors (Lipinski definition) is 2. The minimum Gasteiger partial charge on any atom is -0.352 e. The molecule has 1 fully saturated rings. The molecule has 5 heteroatoms. The van der Waals surface area contributed by atoms with E-state index in [9.17, 15) is 4.79 Å². The van der Waals surface area contributed by atoms with E-state index in [4.69, 9.17) is 0 Å². The van der Waals surface area contributed by atoms with Crippen molar-refractivity contribution in [2.45, 2.75) is 45.3 Å². The maximum Gasteiger partial charge on any atom is 0.220 e. The summed E-state index contributed by atoms with van der Waals surface area (Å²) >= 11 is 0. The summed E-state index contributed by atoms with van der Waals surface area (Å²) < 4.78 is 2.17. The van der Waals surface area contributed by atoms with Crippen molar-refractivity contribution in [1.29, 1.82) is 0 Å². The second kappa shape index (κ2) is 5.82. The molecule has 0 saturated carbocycles. The standard InChI is InChI=1S/C12H20N4O/c1-2-5-16-9-14-8-11(16)7-13-6-10-3-4-12(17)15-10/h8-10,13H,2-7H2,1H3,(H,15,17). The van der Waals surface area contributed by atoms with Gasteiger partial charge in [0.1, 0.15) is 0 Å². The van der Waals surface area contributed by atoms with Gasteiger partial charge in [0.2, 0.25) is 5.91 Å². The number of rotatable bonds is 6. The molecule has 1 amide bonds. The summed E-state index contributed by atoms with van der Waals surface area (Å²) in [5, 5.41) is 6.32. The number of carbonyl (C=O) groups excluding carboxylic acids is 1. The van der Waals surface area contributed by atoms with Crippen LogP contribution in [0.3, 0.4) is 0 Å². The van der Waals surface area contributed by atoms with Gasteiger partial charge in [0.25, 0.3) is 0 Å². The first kappa shape index (κ1) is 12.1. The van der Waals surface area contributed by atoms with E-state index in [0.717, 1.165) is 32.5 Å². The Balaban J connectivity index is 1.74. The molecular formula is C12H20N4O. The van der Waals surface area contributed by atoms with E-state index in [-0.39, 0.29) is 5.91 Å². The van der Waals surface area contributed by atoms with Crippen LogP contribution >= 0.6 is 0 Å². The summed E-state index contributed by atoms with van der Waals surface area (Å²) in [5.41, 5.74) is 1.20. The molecule has 1 atom stereocenters. The smallest absolute Gasteiger partial charge is 0.220 e. The molecule has 5 nitrogen and oxygen atoms in total. The van der Waals surface area contributed by atoms with Gasteiger partial charge in [-0.15, -0.1) is 0 Å². The van der Waals surface area contributed by atoms with Crippen LogP contribution in [0.25, 0.3) is 0 Å². The molecule has 0 bridgehead atoms. The second-order valence-electron chi connectivity index (χ2n) is 4.51. The van der Waals surface area contributed by atoms with Crippen molar-refractivity contribution >= 4 is 5.91 Å².